The van der Waals surface area contributed by atoms with E-state index in [1.54, 1.807) is 6.33 Å². The zero-order valence-corrected chi connectivity index (χ0v) is 14.9. The highest BCUT2D eigenvalue weighted by Gasteiger charge is 2.29. The van der Waals surface area contributed by atoms with Gasteiger partial charge in [-0.2, -0.15) is 0 Å². The van der Waals surface area contributed by atoms with Crippen LogP contribution < -0.4 is 0 Å². The van der Waals surface area contributed by atoms with Gasteiger partial charge in [0.15, 0.2) is 5.82 Å². The molecule has 1 saturated heterocycles. The Balaban J connectivity index is 1.57. The van der Waals surface area contributed by atoms with E-state index in [0.717, 1.165) is 31.8 Å². The summed E-state index contributed by atoms with van der Waals surface area (Å²) in [5.74, 6) is 1.08. The highest BCUT2D eigenvalue weighted by Crippen LogP contribution is 2.24. The number of aryl methyl sites for hydroxylation is 1. The number of likely N-dealkylation sites (N-methyl/N-ethyl adjacent to an activating group) is 1. The molecule has 0 spiro atoms. The smallest absolute Gasteiger partial charge is 0.236 e. The number of aromatic nitrogens is 3. The number of ether oxygens (including phenoxy) is 1. The van der Waals surface area contributed by atoms with Crippen molar-refractivity contribution in [2.24, 2.45) is 7.05 Å². The van der Waals surface area contributed by atoms with Gasteiger partial charge in [0.2, 0.25) is 5.91 Å². The van der Waals surface area contributed by atoms with E-state index in [9.17, 15) is 4.79 Å². The lowest BCUT2D eigenvalue weighted by Crippen LogP contribution is -2.49. The number of carbonyl (C=O) groups excluding carboxylic acids is 1. The molecule has 1 atom stereocenters. The van der Waals surface area contributed by atoms with Crippen LogP contribution in [0.4, 0.5) is 0 Å². The van der Waals surface area contributed by atoms with E-state index in [0.29, 0.717) is 25.7 Å². The maximum absolute atomic E-state index is 12.8. The summed E-state index contributed by atoms with van der Waals surface area (Å²) in [7, 11) is 1.92. The highest BCUT2D eigenvalue weighted by molar-refractivity contribution is 5.78. The van der Waals surface area contributed by atoms with Gasteiger partial charge < -0.3 is 14.2 Å². The third kappa shape index (κ3) is 3.95. The Hall–Kier alpha value is -1.47. The minimum Gasteiger partial charge on any atom is -0.368 e. The SMILES string of the molecule is CCN(C(=O)CN1CCO[C@H](c2nncn2C)C1)C1CCCCC1. The Labute approximate surface area is 144 Å². The Morgan fingerprint density at radius 2 is 2.17 bits per heavy atom. The fourth-order valence-corrected chi connectivity index (χ4v) is 3.90. The summed E-state index contributed by atoms with van der Waals surface area (Å²) >= 11 is 0. The van der Waals surface area contributed by atoms with Gasteiger partial charge in [-0.3, -0.25) is 9.69 Å². The minimum absolute atomic E-state index is 0.108. The molecule has 0 aromatic carbocycles. The number of amides is 1. The van der Waals surface area contributed by atoms with Gasteiger partial charge in [-0.1, -0.05) is 19.3 Å². The van der Waals surface area contributed by atoms with Crippen molar-refractivity contribution in [2.45, 2.75) is 51.2 Å². The molecule has 24 heavy (non-hydrogen) atoms. The molecule has 0 radical (unpaired) electrons. The molecular formula is C17H29N5O2. The van der Waals surface area contributed by atoms with Crippen LogP contribution in [0.1, 0.15) is 51.0 Å². The van der Waals surface area contributed by atoms with Crippen LogP contribution in [0.5, 0.6) is 0 Å². The molecule has 7 nitrogen and oxygen atoms in total. The topological polar surface area (TPSA) is 63.5 Å². The fourth-order valence-electron chi connectivity index (χ4n) is 3.90. The van der Waals surface area contributed by atoms with Gasteiger partial charge in [-0.15, -0.1) is 10.2 Å². The van der Waals surface area contributed by atoms with Crippen molar-refractivity contribution in [3.05, 3.63) is 12.2 Å². The first-order valence-electron chi connectivity index (χ1n) is 9.16. The Morgan fingerprint density at radius 1 is 1.38 bits per heavy atom. The van der Waals surface area contributed by atoms with Crippen LogP contribution in [-0.4, -0.2) is 69.3 Å². The van der Waals surface area contributed by atoms with Gasteiger partial charge in [-0.05, 0) is 19.8 Å². The summed E-state index contributed by atoms with van der Waals surface area (Å²) in [5, 5.41) is 8.07. The normalized spacial score (nSPS) is 23.3. The zero-order chi connectivity index (χ0) is 16.9. The summed E-state index contributed by atoms with van der Waals surface area (Å²) in [6.07, 6.45) is 7.70. The first kappa shape index (κ1) is 17.4. The van der Waals surface area contributed by atoms with Crippen molar-refractivity contribution in [1.29, 1.82) is 0 Å². The van der Waals surface area contributed by atoms with E-state index < -0.39 is 0 Å². The van der Waals surface area contributed by atoms with E-state index in [1.807, 2.05) is 11.6 Å². The number of hydrogen-bond acceptors (Lipinski definition) is 5. The number of hydrogen-bond donors (Lipinski definition) is 0. The van der Waals surface area contributed by atoms with Gasteiger partial charge in [0.1, 0.15) is 12.4 Å². The number of nitrogens with zero attached hydrogens (tertiary/aromatic N) is 5. The molecule has 0 bridgehead atoms. The quantitative estimate of drug-likeness (QED) is 0.813. The molecule has 7 heteroatoms. The predicted molar refractivity (Wildman–Crippen MR) is 90.4 cm³/mol. The standard InChI is InChI=1S/C17H29N5O2/c1-3-22(14-7-5-4-6-8-14)16(23)12-21-9-10-24-15(11-21)17-19-18-13-20(17)2/h13-15H,3-12H2,1-2H3/t15-/m0/s1. The largest absolute Gasteiger partial charge is 0.368 e. The molecule has 2 heterocycles. The average Bonchev–Trinajstić information content (AvgIpc) is 3.03. The van der Waals surface area contributed by atoms with Crippen molar-refractivity contribution < 1.29 is 9.53 Å². The molecular weight excluding hydrogens is 306 g/mol. The van der Waals surface area contributed by atoms with Crippen molar-refractivity contribution in [3.8, 4) is 0 Å². The first-order valence-corrected chi connectivity index (χ1v) is 9.16. The number of rotatable bonds is 5. The lowest BCUT2D eigenvalue weighted by Gasteiger charge is -2.37. The van der Waals surface area contributed by atoms with Crippen molar-refractivity contribution in [2.75, 3.05) is 32.8 Å². The second kappa shape index (κ2) is 8.07. The molecule has 1 amide bonds. The molecule has 3 rings (SSSR count). The van der Waals surface area contributed by atoms with Gasteiger partial charge in [0.25, 0.3) is 0 Å². The fraction of sp³-hybridized carbons (Fsp3) is 0.824. The average molecular weight is 335 g/mol. The van der Waals surface area contributed by atoms with E-state index >= 15 is 0 Å². The molecule has 1 aliphatic carbocycles. The Kier molecular flexibility index (Phi) is 5.84. The van der Waals surface area contributed by atoms with E-state index in [4.69, 9.17) is 4.74 Å². The molecule has 0 unspecified atom stereocenters. The highest BCUT2D eigenvalue weighted by atomic mass is 16.5. The molecule has 1 aliphatic heterocycles. The summed E-state index contributed by atoms with van der Waals surface area (Å²) < 4.78 is 7.71. The van der Waals surface area contributed by atoms with Crippen LogP contribution in [-0.2, 0) is 16.6 Å². The van der Waals surface area contributed by atoms with Crippen LogP contribution in [0.25, 0.3) is 0 Å². The summed E-state index contributed by atoms with van der Waals surface area (Å²) in [5.41, 5.74) is 0. The second-order valence-electron chi connectivity index (χ2n) is 6.87. The number of morpholine rings is 1. The van der Waals surface area contributed by atoms with Crippen molar-refractivity contribution in [3.63, 3.8) is 0 Å². The molecule has 1 saturated carbocycles. The van der Waals surface area contributed by atoms with Gasteiger partial charge in [-0.25, -0.2) is 0 Å². The number of carbonyl (C=O) groups is 1. The molecule has 134 valence electrons. The molecule has 2 aliphatic rings. The van der Waals surface area contributed by atoms with Crippen LogP contribution in [0.15, 0.2) is 6.33 Å². The van der Waals surface area contributed by atoms with Gasteiger partial charge in [0.05, 0.1) is 13.2 Å². The lowest BCUT2D eigenvalue weighted by molar-refractivity contribution is -0.137. The van der Waals surface area contributed by atoms with E-state index in [2.05, 4.69) is 26.9 Å². The lowest BCUT2D eigenvalue weighted by atomic mass is 9.94. The molecule has 1 aromatic rings. The summed E-state index contributed by atoms with van der Waals surface area (Å²) in [6, 6.07) is 0.437. The monoisotopic (exact) mass is 335 g/mol. The van der Waals surface area contributed by atoms with Crippen LogP contribution in [0.2, 0.25) is 0 Å². The van der Waals surface area contributed by atoms with Gasteiger partial charge in [0, 0.05) is 32.7 Å². The Morgan fingerprint density at radius 3 is 2.83 bits per heavy atom. The Bertz CT molecular complexity index is 541. The minimum atomic E-state index is -0.108. The molecule has 2 fully saturated rings. The van der Waals surface area contributed by atoms with E-state index in [-0.39, 0.29) is 12.0 Å². The molecule has 0 N–H and O–H groups in total. The predicted octanol–water partition coefficient (Wildman–Crippen LogP) is 1.37. The maximum Gasteiger partial charge on any atom is 0.236 e. The summed E-state index contributed by atoms with van der Waals surface area (Å²) in [6.45, 7) is 5.49. The second-order valence-corrected chi connectivity index (χ2v) is 6.87. The van der Waals surface area contributed by atoms with Gasteiger partial charge >= 0.3 is 0 Å². The van der Waals surface area contributed by atoms with Crippen molar-refractivity contribution in [1.82, 2.24) is 24.6 Å². The molecule has 1 aromatic heterocycles. The third-order valence-electron chi connectivity index (χ3n) is 5.22. The summed E-state index contributed by atoms with van der Waals surface area (Å²) in [4.78, 5) is 17.1. The van der Waals surface area contributed by atoms with Crippen molar-refractivity contribution >= 4 is 5.91 Å². The van der Waals surface area contributed by atoms with Crippen LogP contribution in [0, 0.1) is 0 Å². The van der Waals surface area contributed by atoms with E-state index in [1.165, 1.54) is 19.3 Å². The van der Waals surface area contributed by atoms with Crippen LogP contribution in [0.3, 0.4) is 0 Å². The third-order valence-corrected chi connectivity index (χ3v) is 5.22. The maximum atomic E-state index is 12.8. The zero-order valence-electron chi connectivity index (χ0n) is 14.9. The van der Waals surface area contributed by atoms with Crippen LogP contribution >= 0.6 is 0 Å². The first-order chi connectivity index (χ1) is 11.7.